The summed E-state index contributed by atoms with van der Waals surface area (Å²) in [4.78, 5) is 16.0. The maximum atomic E-state index is 14.4. The maximum absolute atomic E-state index is 14.4. The van der Waals surface area contributed by atoms with Crippen LogP contribution in [0.5, 0.6) is 5.88 Å². The van der Waals surface area contributed by atoms with E-state index in [4.69, 9.17) is 4.74 Å². The molecule has 2 heterocycles. The number of hydrogen-bond donors (Lipinski definition) is 1. The Kier molecular flexibility index (Phi) is 7.24. The summed E-state index contributed by atoms with van der Waals surface area (Å²) < 4.78 is 20.0. The number of aromatic nitrogens is 1. The van der Waals surface area contributed by atoms with Crippen LogP contribution in [0.25, 0.3) is 11.1 Å². The molecule has 3 rings (SSSR count). The van der Waals surface area contributed by atoms with Crippen LogP contribution in [0.4, 0.5) is 4.39 Å². The topological polar surface area (TPSA) is 59.4 Å². The zero-order valence-electron chi connectivity index (χ0n) is 15.4. The number of halogens is 1. The van der Waals surface area contributed by atoms with Crippen molar-refractivity contribution in [2.75, 3.05) is 6.61 Å². The Labute approximate surface area is 156 Å². The van der Waals surface area contributed by atoms with Crippen LogP contribution in [-0.2, 0) is 6.42 Å². The Morgan fingerprint density at radius 3 is 2.62 bits per heavy atom. The predicted octanol–water partition coefficient (Wildman–Crippen LogP) is 3.69. The summed E-state index contributed by atoms with van der Waals surface area (Å²) in [6.07, 6.45) is 2.15. The molecule has 0 fully saturated rings. The number of ketones is 1. The van der Waals surface area contributed by atoms with Crippen LogP contribution in [0, 0.1) is 5.82 Å². The lowest BCUT2D eigenvalue weighted by molar-refractivity contribution is 0.0915. The Morgan fingerprint density at radius 2 is 2.04 bits per heavy atom. The molecule has 1 aliphatic heterocycles. The monoisotopic (exact) mass is 377 g/mol. The third-order valence-corrected chi connectivity index (χ3v) is 4.29. The van der Waals surface area contributed by atoms with Gasteiger partial charge in [0.25, 0.3) is 0 Å². The quantitative estimate of drug-likeness (QED) is 0.655. The fourth-order valence-corrected chi connectivity index (χ4v) is 2.95. The van der Waals surface area contributed by atoms with Crippen molar-refractivity contribution < 1.29 is 19.0 Å². The molecular weight excluding hydrogens is 352 g/mol. The molecule has 2 atom stereocenters. The van der Waals surface area contributed by atoms with Gasteiger partial charge in [-0.2, -0.15) is 0 Å². The van der Waals surface area contributed by atoms with Crippen LogP contribution < -0.4 is 10.0 Å². The standard InChI is InChI=1S/C17H17FNO3P.C3H8/c1-9(21)16-7-14(12-5-3-11(23)6-15(12)18)13-4-2-10(8-20)22-17(13)19-16;1-3-2/h3,5-7,10,20H,2,4,8,23H2,1H3;3H2,1-2H3. The highest BCUT2D eigenvalue weighted by Crippen LogP contribution is 2.36. The molecule has 0 aliphatic carbocycles. The lowest BCUT2D eigenvalue weighted by Crippen LogP contribution is -2.27. The van der Waals surface area contributed by atoms with E-state index in [1.807, 2.05) is 0 Å². The molecule has 0 amide bonds. The van der Waals surface area contributed by atoms with Gasteiger partial charge in [0.05, 0.1) is 6.61 Å². The minimum absolute atomic E-state index is 0.114. The van der Waals surface area contributed by atoms with Crippen molar-refractivity contribution in [2.45, 2.75) is 46.1 Å². The third kappa shape index (κ3) is 4.66. The molecule has 1 aromatic heterocycles. The summed E-state index contributed by atoms with van der Waals surface area (Å²) in [5.74, 6) is -0.260. The second-order valence-electron chi connectivity index (χ2n) is 6.30. The molecule has 0 bridgehead atoms. The van der Waals surface area contributed by atoms with Crippen molar-refractivity contribution in [1.29, 1.82) is 0 Å². The molecule has 6 heteroatoms. The highest BCUT2D eigenvalue weighted by molar-refractivity contribution is 7.27. The second kappa shape index (κ2) is 9.20. The lowest BCUT2D eigenvalue weighted by Gasteiger charge is -2.26. The smallest absolute Gasteiger partial charge is 0.218 e. The number of benzene rings is 1. The molecule has 2 unspecified atom stereocenters. The van der Waals surface area contributed by atoms with E-state index in [1.54, 1.807) is 18.2 Å². The molecule has 26 heavy (non-hydrogen) atoms. The Balaban J connectivity index is 0.000000758. The Morgan fingerprint density at radius 1 is 1.35 bits per heavy atom. The number of hydrogen-bond acceptors (Lipinski definition) is 4. The van der Waals surface area contributed by atoms with Gasteiger partial charge in [0.15, 0.2) is 5.78 Å². The van der Waals surface area contributed by atoms with Gasteiger partial charge < -0.3 is 9.84 Å². The minimum atomic E-state index is -0.357. The molecule has 1 aliphatic rings. The summed E-state index contributed by atoms with van der Waals surface area (Å²) in [6, 6.07) is 6.53. The highest BCUT2D eigenvalue weighted by atomic mass is 31.0. The van der Waals surface area contributed by atoms with Crippen LogP contribution in [0.2, 0.25) is 0 Å². The van der Waals surface area contributed by atoms with Gasteiger partial charge >= 0.3 is 0 Å². The SMILES string of the molecule is CC(=O)c1cc(-c2ccc(P)cc2F)c2c(n1)OC(CO)CC2.CCC. The number of fused-ring (bicyclic) bond motifs is 1. The Hall–Kier alpha value is -1.84. The van der Waals surface area contributed by atoms with Crippen molar-refractivity contribution in [3.05, 3.63) is 41.3 Å². The van der Waals surface area contributed by atoms with Crippen molar-refractivity contribution in [2.24, 2.45) is 0 Å². The molecule has 0 saturated carbocycles. The number of aliphatic hydroxyl groups excluding tert-OH is 1. The van der Waals surface area contributed by atoms with Gasteiger partial charge in [-0.1, -0.05) is 32.4 Å². The van der Waals surface area contributed by atoms with Crippen molar-refractivity contribution in [1.82, 2.24) is 4.98 Å². The van der Waals surface area contributed by atoms with E-state index in [0.29, 0.717) is 29.8 Å². The fraction of sp³-hybridized carbons (Fsp3) is 0.400. The molecule has 4 nitrogen and oxygen atoms in total. The summed E-state index contributed by atoms with van der Waals surface area (Å²) in [6.45, 7) is 5.55. The number of nitrogens with zero attached hydrogens (tertiary/aromatic N) is 1. The molecule has 0 radical (unpaired) electrons. The Bertz CT molecular complexity index is 795. The van der Waals surface area contributed by atoms with E-state index >= 15 is 0 Å². The number of rotatable bonds is 3. The van der Waals surface area contributed by atoms with Gasteiger partial charge in [0.2, 0.25) is 5.88 Å². The first kappa shape index (κ1) is 20.5. The zero-order valence-corrected chi connectivity index (χ0v) is 16.5. The van der Waals surface area contributed by atoms with E-state index in [2.05, 4.69) is 28.1 Å². The van der Waals surface area contributed by atoms with Gasteiger partial charge in [0.1, 0.15) is 17.6 Å². The van der Waals surface area contributed by atoms with Crippen LogP contribution in [0.3, 0.4) is 0 Å². The van der Waals surface area contributed by atoms with Crippen molar-refractivity contribution >= 4 is 20.3 Å². The number of aliphatic hydroxyl groups is 1. The van der Waals surface area contributed by atoms with Crippen LogP contribution in [0.1, 0.15) is 49.7 Å². The molecular formula is C20H25FNO3P. The van der Waals surface area contributed by atoms with Crippen LogP contribution in [-0.4, -0.2) is 28.6 Å². The molecule has 1 N–H and O–H groups in total. The average Bonchev–Trinajstić information content (AvgIpc) is 2.61. The maximum Gasteiger partial charge on any atom is 0.218 e. The number of carbonyl (C=O) groups is 1. The van der Waals surface area contributed by atoms with Crippen molar-refractivity contribution in [3.8, 4) is 17.0 Å². The number of pyridine rings is 1. The first-order valence-electron chi connectivity index (χ1n) is 8.78. The van der Waals surface area contributed by atoms with E-state index in [1.165, 1.54) is 19.4 Å². The van der Waals surface area contributed by atoms with Crippen molar-refractivity contribution in [3.63, 3.8) is 0 Å². The van der Waals surface area contributed by atoms with Crippen LogP contribution in [0.15, 0.2) is 24.3 Å². The predicted molar refractivity (Wildman–Crippen MR) is 105 cm³/mol. The molecule has 2 aromatic rings. The second-order valence-corrected chi connectivity index (χ2v) is 6.97. The van der Waals surface area contributed by atoms with Crippen LogP contribution >= 0.6 is 9.24 Å². The lowest BCUT2D eigenvalue weighted by atomic mass is 9.94. The number of Topliss-reactive ketones (excluding diaryl/α,β-unsaturated/α-hetero) is 1. The molecule has 140 valence electrons. The fourth-order valence-electron chi connectivity index (χ4n) is 2.71. The minimum Gasteiger partial charge on any atom is -0.472 e. The van der Waals surface area contributed by atoms with Gasteiger partial charge in [-0.3, -0.25) is 4.79 Å². The van der Waals surface area contributed by atoms with E-state index in [0.717, 1.165) is 10.9 Å². The largest absolute Gasteiger partial charge is 0.472 e. The highest BCUT2D eigenvalue weighted by Gasteiger charge is 2.26. The number of carbonyl (C=O) groups excluding carboxylic acids is 1. The molecule has 0 spiro atoms. The van der Waals surface area contributed by atoms with Gasteiger partial charge in [-0.15, -0.1) is 9.24 Å². The average molecular weight is 377 g/mol. The van der Waals surface area contributed by atoms with E-state index in [-0.39, 0.29) is 30.0 Å². The van der Waals surface area contributed by atoms with E-state index in [9.17, 15) is 14.3 Å². The summed E-state index contributed by atoms with van der Waals surface area (Å²) >= 11 is 0. The number of ether oxygens (including phenoxy) is 1. The zero-order chi connectivity index (χ0) is 19.3. The first-order chi connectivity index (χ1) is 12.4. The molecule has 0 saturated heterocycles. The third-order valence-electron chi connectivity index (χ3n) is 3.93. The summed E-state index contributed by atoms with van der Waals surface area (Å²) in [7, 11) is 2.45. The van der Waals surface area contributed by atoms with Gasteiger partial charge in [-0.25, -0.2) is 9.37 Å². The normalized spacial score (nSPS) is 15.4. The van der Waals surface area contributed by atoms with E-state index < -0.39 is 0 Å². The first-order valence-corrected chi connectivity index (χ1v) is 9.36. The molecule has 1 aromatic carbocycles. The van der Waals surface area contributed by atoms with Gasteiger partial charge in [0, 0.05) is 18.1 Å². The summed E-state index contributed by atoms with van der Waals surface area (Å²) in [5.41, 5.74) is 2.05. The summed E-state index contributed by atoms with van der Waals surface area (Å²) in [5, 5.41) is 10.0. The van der Waals surface area contributed by atoms with Gasteiger partial charge in [-0.05, 0) is 35.8 Å².